The van der Waals surface area contributed by atoms with Gasteiger partial charge in [0.2, 0.25) is 5.91 Å². The largest absolute Gasteiger partial charge is 0.307 e. The molecule has 1 saturated heterocycles. The molecule has 2 rings (SSSR count). The highest BCUT2D eigenvalue weighted by molar-refractivity contribution is 5.95. The third kappa shape index (κ3) is 1.72. The lowest BCUT2D eigenvalue weighted by molar-refractivity contribution is -0.118. The van der Waals surface area contributed by atoms with Gasteiger partial charge in [-0.2, -0.15) is 0 Å². The molecule has 0 bridgehead atoms. The number of aromatic nitrogens is 2. The van der Waals surface area contributed by atoms with Gasteiger partial charge < -0.3 is 10.2 Å². The van der Waals surface area contributed by atoms with Gasteiger partial charge in [-0.3, -0.25) is 4.79 Å². The van der Waals surface area contributed by atoms with Crippen LogP contribution in [0.4, 0.5) is 5.69 Å². The minimum absolute atomic E-state index is 0.0729. The molecule has 1 N–H and O–H groups in total. The fourth-order valence-electron chi connectivity index (χ4n) is 1.40. The first-order chi connectivity index (χ1) is 6.77. The number of anilines is 1. The fourth-order valence-corrected chi connectivity index (χ4v) is 1.40. The van der Waals surface area contributed by atoms with Gasteiger partial charge in [-0.15, -0.1) is 0 Å². The third-order valence-electron chi connectivity index (χ3n) is 2.17. The van der Waals surface area contributed by atoms with E-state index in [0.717, 1.165) is 18.1 Å². The highest BCUT2D eigenvalue weighted by Gasteiger charge is 2.19. The lowest BCUT2D eigenvalue weighted by Gasteiger charge is -2.26. The highest BCUT2D eigenvalue weighted by Crippen LogP contribution is 2.11. The predicted octanol–water partition coefficient (Wildman–Crippen LogP) is -0.279. The zero-order valence-corrected chi connectivity index (χ0v) is 8.03. The summed E-state index contributed by atoms with van der Waals surface area (Å²) in [6, 6.07) is 0. The van der Waals surface area contributed by atoms with Crippen LogP contribution in [-0.4, -0.2) is 35.5 Å². The van der Waals surface area contributed by atoms with Gasteiger partial charge in [0.15, 0.2) is 0 Å². The van der Waals surface area contributed by atoms with Gasteiger partial charge in [0.05, 0.1) is 24.6 Å². The Morgan fingerprint density at radius 2 is 2.14 bits per heavy atom. The molecule has 1 aromatic rings. The molecule has 5 heteroatoms. The molecule has 0 saturated carbocycles. The zero-order valence-electron chi connectivity index (χ0n) is 8.03. The first-order valence-corrected chi connectivity index (χ1v) is 4.57. The maximum Gasteiger partial charge on any atom is 0.241 e. The van der Waals surface area contributed by atoms with Gasteiger partial charge in [-0.1, -0.05) is 0 Å². The summed E-state index contributed by atoms with van der Waals surface area (Å²) < 4.78 is 0. The van der Waals surface area contributed by atoms with E-state index in [2.05, 4.69) is 15.3 Å². The zero-order chi connectivity index (χ0) is 9.97. The molecule has 1 aliphatic rings. The number of amides is 1. The number of nitrogens with zero attached hydrogens (tertiary/aromatic N) is 3. The van der Waals surface area contributed by atoms with Crippen LogP contribution in [0.2, 0.25) is 0 Å². The van der Waals surface area contributed by atoms with E-state index in [1.165, 1.54) is 0 Å². The first-order valence-electron chi connectivity index (χ1n) is 4.57. The normalized spacial score (nSPS) is 17.2. The second-order valence-corrected chi connectivity index (χ2v) is 3.21. The number of hydrogen-bond donors (Lipinski definition) is 1. The standard InChI is InChI=1S/C9H12N4O/c1-7-11-4-8(5-12-7)13-3-2-10-6-9(13)14/h4-5,10H,2-3,6H2,1H3. The molecule has 1 fully saturated rings. The average molecular weight is 192 g/mol. The fraction of sp³-hybridized carbons (Fsp3) is 0.444. The van der Waals surface area contributed by atoms with Crippen molar-refractivity contribution in [2.45, 2.75) is 6.92 Å². The lowest BCUT2D eigenvalue weighted by Crippen LogP contribution is -2.48. The van der Waals surface area contributed by atoms with Gasteiger partial charge in [0.25, 0.3) is 0 Å². The Morgan fingerprint density at radius 3 is 2.79 bits per heavy atom. The van der Waals surface area contributed by atoms with Gasteiger partial charge in [-0.25, -0.2) is 9.97 Å². The molecular weight excluding hydrogens is 180 g/mol. The second-order valence-electron chi connectivity index (χ2n) is 3.21. The molecule has 2 heterocycles. The van der Waals surface area contributed by atoms with Crippen molar-refractivity contribution in [1.29, 1.82) is 0 Å². The second kappa shape index (κ2) is 3.71. The van der Waals surface area contributed by atoms with Crippen LogP contribution < -0.4 is 10.2 Å². The summed E-state index contributed by atoms with van der Waals surface area (Å²) in [6.07, 6.45) is 3.37. The molecule has 0 aromatic carbocycles. The van der Waals surface area contributed by atoms with Gasteiger partial charge in [-0.05, 0) is 6.92 Å². The minimum Gasteiger partial charge on any atom is -0.307 e. The molecule has 1 aromatic heterocycles. The van der Waals surface area contributed by atoms with Crippen molar-refractivity contribution in [2.75, 3.05) is 24.5 Å². The number of rotatable bonds is 1. The minimum atomic E-state index is 0.0729. The Balaban J connectivity index is 2.20. The van der Waals surface area contributed by atoms with Crippen LogP contribution in [0.5, 0.6) is 0 Å². The van der Waals surface area contributed by atoms with Crippen molar-refractivity contribution in [3.8, 4) is 0 Å². The van der Waals surface area contributed by atoms with Crippen molar-refractivity contribution < 1.29 is 4.79 Å². The summed E-state index contributed by atoms with van der Waals surface area (Å²) >= 11 is 0. The van der Waals surface area contributed by atoms with E-state index >= 15 is 0 Å². The predicted molar refractivity (Wildman–Crippen MR) is 52.0 cm³/mol. The molecule has 5 nitrogen and oxygen atoms in total. The summed E-state index contributed by atoms with van der Waals surface area (Å²) in [5.41, 5.74) is 0.780. The maximum absolute atomic E-state index is 11.5. The van der Waals surface area contributed by atoms with Crippen LogP contribution in [0.3, 0.4) is 0 Å². The van der Waals surface area contributed by atoms with Crippen molar-refractivity contribution in [2.24, 2.45) is 0 Å². The van der Waals surface area contributed by atoms with Crippen molar-refractivity contribution in [3.05, 3.63) is 18.2 Å². The number of carbonyl (C=O) groups excluding carboxylic acids is 1. The van der Waals surface area contributed by atoms with Crippen LogP contribution in [0.25, 0.3) is 0 Å². The Kier molecular flexibility index (Phi) is 2.41. The van der Waals surface area contributed by atoms with E-state index in [1.807, 2.05) is 6.92 Å². The highest BCUT2D eigenvalue weighted by atomic mass is 16.2. The van der Waals surface area contributed by atoms with E-state index in [0.29, 0.717) is 13.1 Å². The first kappa shape index (κ1) is 9.08. The van der Waals surface area contributed by atoms with Gasteiger partial charge >= 0.3 is 0 Å². The Bertz CT molecular complexity index is 335. The third-order valence-corrected chi connectivity index (χ3v) is 2.17. The van der Waals surface area contributed by atoms with Crippen LogP contribution in [0.1, 0.15) is 5.82 Å². The number of carbonyl (C=O) groups is 1. The summed E-state index contributed by atoms with van der Waals surface area (Å²) in [4.78, 5) is 21.3. The van der Waals surface area contributed by atoms with E-state index in [-0.39, 0.29) is 5.91 Å². The average Bonchev–Trinajstić information content (AvgIpc) is 2.20. The summed E-state index contributed by atoms with van der Waals surface area (Å²) in [6.45, 7) is 3.72. The monoisotopic (exact) mass is 192 g/mol. The van der Waals surface area contributed by atoms with Crippen molar-refractivity contribution in [1.82, 2.24) is 15.3 Å². The molecule has 0 unspecified atom stereocenters. The quantitative estimate of drug-likeness (QED) is 0.665. The molecule has 74 valence electrons. The Labute approximate surface area is 82.2 Å². The lowest BCUT2D eigenvalue weighted by atomic mass is 10.3. The molecule has 1 amide bonds. The van der Waals surface area contributed by atoms with Crippen LogP contribution in [-0.2, 0) is 4.79 Å². The summed E-state index contributed by atoms with van der Waals surface area (Å²) in [7, 11) is 0. The molecular formula is C9H12N4O. The van der Waals surface area contributed by atoms with E-state index in [4.69, 9.17) is 0 Å². The van der Waals surface area contributed by atoms with Crippen molar-refractivity contribution >= 4 is 11.6 Å². The van der Waals surface area contributed by atoms with Crippen molar-refractivity contribution in [3.63, 3.8) is 0 Å². The molecule has 1 aliphatic heterocycles. The topological polar surface area (TPSA) is 58.1 Å². The SMILES string of the molecule is Cc1ncc(N2CCNCC2=O)cn1. The number of hydrogen-bond acceptors (Lipinski definition) is 4. The number of piperazine rings is 1. The maximum atomic E-state index is 11.5. The Hall–Kier alpha value is -1.49. The molecule has 0 radical (unpaired) electrons. The van der Waals surface area contributed by atoms with E-state index in [9.17, 15) is 4.79 Å². The van der Waals surface area contributed by atoms with E-state index < -0.39 is 0 Å². The van der Waals surface area contributed by atoms with Crippen LogP contribution >= 0.6 is 0 Å². The Morgan fingerprint density at radius 1 is 1.43 bits per heavy atom. The summed E-state index contributed by atoms with van der Waals surface area (Å²) in [5, 5.41) is 3.01. The molecule has 14 heavy (non-hydrogen) atoms. The molecule has 0 atom stereocenters. The number of nitrogens with one attached hydrogen (secondary N) is 1. The van der Waals surface area contributed by atoms with Gasteiger partial charge in [0, 0.05) is 13.1 Å². The van der Waals surface area contributed by atoms with Crippen LogP contribution in [0.15, 0.2) is 12.4 Å². The molecule has 0 aliphatic carbocycles. The molecule has 0 spiro atoms. The van der Waals surface area contributed by atoms with Crippen LogP contribution in [0, 0.1) is 6.92 Å². The smallest absolute Gasteiger partial charge is 0.241 e. The van der Waals surface area contributed by atoms with E-state index in [1.54, 1.807) is 17.3 Å². The summed E-state index contributed by atoms with van der Waals surface area (Å²) in [5.74, 6) is 0.792. The van der Waals surface area contributed by atoms with Gasteiger partial charge in [0.1, 0.15) is 5.82 Å². The number of aryl methyl sites for hydroxylation is 1.